The average Bonchev–Trinajstić information content (AvgIpc) is 2.80. The number of benzene rings is 3. The van der Waals surface area contributed by atoms with Crippen molar-refractivity contribution in [2.24, 2.45) is 4.99 Å². The van der Waals surface area contributed by atoms with Gasteiger partial charge in [-0.25, -0.2) is 4.99 Å². The van der Waals surface area contributed by atoms with Crippen LogP contribution in [0.5, 0.6) is 17.2 Å². The van der Waals surface area contributed by atoms with E-state index in [9.17, 15) is 0 Å². The number of nitrogens with zero attached hydrogens (tertiary/aromatic N) is 1. The first kappa shape index (κ1) is 20.8. The van der Waals surface area contributed by atoms with Crippen molar-refractivity contribution in [3.8, 4) is 28.6 Å². The molecular formula is C25H22ClNO4. The third-order valence-electron chi connectivity index (χ3n) is 4.78. The van der Waals surface area contributed by atoms with E-state index < -0.39 is 0 Å². The molecule has 0 amide bonds. The summed E-state index contributed by atoms with van der Waals surface area (Å²) in [6.07, 6.45) is 0. The van der Waals surface area contributed by atoms with E-state index in [1.807, 2.05) is 73.7 Å². The summed E-state index contributed by atoms with van der Waals surface area (Å²) in [4.78, 5) is 4.91. The van der Waals surface area contributed by atoms with Crippen molar-refractivity contribution in [1.29, 1.82) is 0 Å². The number of fused-ring (bicyclic) bond motifs is 1. The zero-order chi connectivity index (χ0) is 21.8. The molecule has 0 saturated carbocycles. The molecule has 3 aromatic carbocycles. The van der Waals surface area contributed by atoms with Crippen LogP contribution in [-0.4, -0.2) is 20.8 Å². The summed E-state index contributed by atoms with van der Waals surface area (Å²) in [5, 5.41) is 2.21. The van der Waals surface area contributed by atoms with Crippen LogP contribution >= 0.6 is 11.6 Å². The molecule has 158 valence electrons. The molecule has 0 saturated heterocycles. The molecule has 1 heterocycles. The lowest BCUT2D eigenvalue weighted by Crippen LogP contribution is -2.04. The molecule has 31 heavy (non-hydrogen) atoms. The van der Waals surface area contributed by atoms with Gasteiger partial charge in [-0.15, -0.1) is 0 Å². The normalized spacial score (nSPS) is 11.5. The van der Waals surface area contributed by atoms with E-state index in [0.717, 1.165) is 22.1 Å². The molecule has 0 aliphatic rings. The number of methoxy groups -OCH3 is 2. The highest BCUT2D eigenvalue weighted by atomic mass is 35.5. The summed E-state index contributed by atoms with van der Waals surface area (Å²) >= 11 is 6.05. The van der Waals surface area contributed by atoms with E-state index >= 15 is 0 Å². The molecule has 0 aliphatic heterocycles. The van der Waals surface area contributed by atoms with Crippen LogP contribution in [0.1, 0.15) is 6.92 Å². The first-order valence-electron chi connectivity index (χ1n) is 9.84. The van der Waals surface area contributed by atoms with Crippen molar-refractivity contribution in [3.05, 3.63) is 77.1 Å². The number of rotatable bonds is 6. The Hall–Kier alpha value is -3.44. The van der Waals surface area contributed by atoms with Gasteiger partial charge < -0.3 is 18.6 Å². The van der Waals surface area contributed by atoms with E-state index in [-0.39, 0.29) is 0 Å². The van der Waals surface area contributed by atoms with E-state index in [0.29, 0.717) is 40.2 Å². The lowest BCUT2D eigenvalue weighted by Gasteiger charge is -2.09. The van der Waals surface area contributed by atoms with Gasteiger partial charge in [0.05, 0.1) is 26.2 Å². The van der Waals surface area contributed by atoms with Crippen LogP contribution in [0, 0.1) is 0 Å². The maximum atomic E-state index is 6.19. The minimum absolute atomic E-state index is 0.571. The van der Waals surface area contributed by atoms with E-state index in [2.05, 4.69) is 0 Å². The summed E-state index contributed by atoms with van der Waals surface area (Å²) in [6, 6.07) is 20.6. The topological polar surface area (TPSA) is 53.2 Å². The third kappa shape index (κ3) is 4.52. The average molecular weight is 436 g/mol. The molecule has 6 heteroatoms. The van der Waals surface area contributed by atoms with Gasteiger partial charge in [0.1, 0.15) is 34.3 Å². The maximum Gasteiger partial charge on any atom is 0.144 e. The quantitative estimate of drug-likeness (QED) is 0.351. The summed E-state index contributed by atoms with van der Waals surface area (Å²) in [7, 11) is 3.24. The van der Waals surface area contributed by atoms with Crippen molar-refractivity contribution in [3.63, 3.8) is 0 Å². The second-order valence-electron chi connectivity index (χ2n) is 6.74. The van der Waals surface area contributed by atoms with Gasteiger partial charge in [0.15, 0.2) is 0 Å². The number of halogens is 1. The summed E-state index contributed by atoms with van der Waals surface area (Å²) < 4.78 is 22.7. The van der Waals surface area contributed by atoms with Crippen LogP contribution in [0.2, 0.25) is 5.02 Å². The first-order valence-corrected chi connectivity index (χ1v) is 10.2. The lowest BCUT2D eigenvalue weighted by atomic mass is 10.1. The molecule has 0 atom stereocenters. The molecule has 0 unspecified atom stereocenters. The molecule has 0 N–H and O–H groups in total. The minimum Gasteiger partial charge on any atom is -0.497 e. The number of hydrogen-bond acceptors (Lipinski definition) is 5. The van der Waals surface area contributed by atoms with Crippen molar-refractivity contribution >= 4 is 28.3 Å². The predicted octanol–water partition coefficient (Wildman–Crippen LogP) is 6.40. The van der Waals surface area contributed by atoms with Gasteiger partial charge in [-0.2, -0.15) is 0 Å². The highest BCUT2D eigenvalue weighted by molar-refractivity contribution is 6.30. The SMILES string of the molecule is CCOc1ccc2oc(-c3ccc(Cl)cc3)cc(=Nc3cc(OC)ccc3OC)c2c1. The van der Waals surface area contributed by atoms with Gasteiger partial charge in [0, 0.05) is 28.1 Å². The summed E-state index contributed by atoms with van der Waals surface area (Å²) in [6.45, 7) is 2.52. The smallest absolute Gasteiger partial charge is 0.144 e. The van der Waals surface area contributed by atoms with Crippen molar-refractivity contribution < 1.29 is 18.6 Å². The lowest BCUT2D eigenvalue weighted by molar-refractivity contribution is 0.340. The van der Waals surface area contributed by atoms with Gasteiger partial charge in [-0.05, 0) is 61.5 Å². The Bertz CT molecular complexity index is 1280. The largest absolute Gasteiger partial charge is 0.497 e. The minimum atomic E-state index is 0.571. The van der Waals surface area contributed by atoms with Gasteiger partial charge in [0.25, 0.3) is 0 Å². The number of ether oxygens (including phenoxy) is 3. The van der Waals surface area contributed by atoms with Crippen molar-refractivity contribution in [2.75, 3.05) is 20.8 Å². The number of hydrogen-bond donors (Lipinski definition) is 0. The van der Waals surface area contributed by atoms with Crippen molar-refractivity contribution in [1.82, 2.24) is 0 Å². The van der Waals surface area contributed by atoms with E-state index in [1.54, 1.807) is 14.2 Å². The Labute approximate surface area is 185 Å². The van der Waals surface area contributed by atoms with E-state index in [4.69, 9.17) is 35.2 Å². The molecule has 0 spiro atoms. The fraction of sp³-hybridized carbons (Fsp3) is 0.160. The second kappa shape index (κ2) is 9.14. The summed E-state index contributed by atoms with van der Waals surface area (Å²) in [5.41, 5.74) is 2.24. The van der Waals surface area contributed by atoms with Gasteiger partial charge in [0.2, 0.25) is 0 Å². The van der Waals surface area contributed by atoms with Crippen LogP contribution in [0.4, 0.5) is 5.69 Å². The van der Waals surface area contributed by atoms with E-state index in [1.165, 1.54) is 0 Å². The Balaban J connectivity index is 1.99. The first-order chi connectivity index (χ1) is 15.1. The van der Waals surface area contributed by atoms with Crippen LogP contribution in [0.25, 0.3) is 22.3 Å². The highest BCUT2D eigenvalue weighted by Crippen LogP contribution is 2.32. The second-order valence-corrected chi connectivity index (χ2v) is 7.18. The van der Waals surface area contributed by atoms with Crippen LogP contribution in [0.15, 0.2) is 76.1 Å². The highest BCUT2D eigenvalue weighted by Gasteiger charge is 2.10. The molecular weight excluding hydrogens is 414 g/mol. The fourth-order valence-electron chi connectivity index (χ4n) is 3.27. The third-order valence-corrected chi connectivity index (χ3v) is 5.03. The van der Waals surface area contributed by atoms with Crippen LogP contribution in [0.3, 0.4) is 0 Å². The Morgan fingerprint density at radius 1 is 0.871 bits per heavy atom. The Morgan fingerprint density at radius 2 is 1.65 bits per heavy atom. The molecule has 4 aromatic rings. The molecule has 5 nitrogen and oxygen atoms in total. The predicted molar refractivity (Wildman–Crippen MR) is 123 cm³/mol. The fourth-order valence-corrected chi connectivity index (χ4v) is 3.39. The van der Waals surface area contributed by atoms with Crippen LogP contribution in [-0.2, 0) is 0 Å². The summed E-state index contributed by atoms with van der Waals surface area (Å²) in [5.74, 6) is 2.76. The molecule has 0 radical (unpaired) electrons. The Morgan fingerprint density at radius 3 is 2.35 bits per heavy atom. The molecule has 0 aliphatic carbocycles. The zero-order valence-corrected chi connectivity index (χ0v) is 18.3. The zero-order valence-electron chi connectivity index (χ0n) is 17.5. The molecule has 0 bridgehead atoms. The molecule has 4 rings (SSSR count). The standard InChI is InChI=1S/C25H22ClNO4/c1-4-30-19-10-11-23-20(13-19)21(15-25(31-23)16-5-7-17(26)8-6-16)27-22-14-18(28-2)9-12-24(22)29-3/h5-15H,4H2,1-3H3. The van der Waals surface area contributed by atoms with Crippen LogP contribution < -0.4 is 19.6 Å². The Kier molecular flexibility index (Phi) is 6.14. The monoisotopic (exact) mass is 435 g/mol. The van der Waals surface area contributed by atoms with Gasteiger partial charge in [-0.1, -0.05) is 11.6 Å². The van der Waals surface area contributed by atoms with Gasteiger partial charge >= 0.3 is 0 Å². The van der Waals surface area contributed by atoms with Crippen molar-refractivity contribution in [2.45, 2.75) is 6.92 Å². The maximum absolute atomic E-state index is 6.19. The molecule has 0 fully saturated rings. The molecule has 1 aromatic heterocycles. The van der Waals surface area contributed by atoms with Gasteiger partial charge in [-0.3, -0.25) is 0 Å².